The van der Waals surface area contributed by atoms with Crippen LogP contribution < -0.4 is 10.6 Å². The molecule has 1 aromatic carbocycles. The number of hydrogen-bond donors (Lipinski definition) is 3. The molecule has 3 N–H and O–H groups in total. The first-order valence-corrected chi connectivity index (χ1v) is 9.41. The van der Waals surface area contributed by atoms with E-state index in [9.17, 15) is 14.7 Å². The number of carbonyl (C=O) groups excluding carboxylic acids is 2. The van der Waals surface area contributed by atoms with Crippen molar-refractivity contribution in [3.63, 3.8) is 0 Å². The summed E-state index contributed by atoms with van der Waals surface area (Å²) in [5, 5.41) is 15.7. The second-order valence-corrected chi connectivity index (χ2v) is 6.90. The lowest BCUT2D eigenvalue weighted by atomic mass is 10.1. The molecule has 1 fully saturated rings. The molecule has 25 heavy (non-hydrogen) atoms. The Balaban J connectivity index is 1.59. The number of aliphatic hydroxyl groups is 1. The molecule has 0 aliphatic heterocycles. The molecule has 1 aliphatic carbocycles. The van der Waals surface area contributed by atoms with Crippen LogP contribution in [0.25, 0.3) is 0 Å². The Hall–Kier alpha value is -1.88. The van der Waals surface area contributed by atoms with Crippen molar-refractivity contribution in [3.05, 3.63) is 35.9 Å². The average Bonchev–Trinajstić information content (AvgIpc) is 2.88. The molecule has 5 nitrogen and oxygen atoms in total. The predicted molar refractivity (Wildman–Crippen MR) is 98.0 cm³/mol. The molecule has 0 saturated heterocycles. The Kier molecular flexibility index (Phi) is 8.46. The third-order valence-electron chi connectivity index (χ3n) is 4.65. The quantitative estimate of drug-likeness (QED) is 0.632. The van der Waals surface area contributed by atoms with E-state index in [0.29, 0.717) is 6.42 Å². The standard InChI is InChI=1S/C20H30N2O3/c23-18(14-16-8-4-3-5-9-16)15-21-19(24)12-13-20(25)22-17-10-6-1-2-7-11-17/h3-5,8-9,17-18,23H,1-2,6-7,10-15H2,(H,21,24)(H,22,25). The van der Waals surface area contributed by atoms with Gasteiger partial charge in [-0.1, -0.05) is 56.0 Å². The number of aliphatic hydroxyl groups excluding tert-OH is 1. The predicted octanol–water partition coefficient (Wildman–Crippen LogP) is 2.33. The van der Waals surface area contributed by atoms with Gasteiger partial charge < -0.3 is 15.7 Å². The van der Waals surface area contributed by atoms with E-state index < -0.39 is 6.10 Å². The second kappa shape index (κ2) is 10.9. The van der Waals surface area contributed by atoms with E-state index in [1.807, 2.05) is 30.3 Å². The Morgan fingerprint density at radius 1 is 1.00 bits per heavy atom. The minimum atomic E-state index is -0.619. The van der Waals surface area contributed by atoms with Crippen molar-refractivity contribution in [1.82, 2.24) is 10.6 Å². The molecule has 5 heteroatoms. The lowest BCUT2D eigenvalue weighted by Crippen LogP contribution is -2.36. The largest absolute Gasteiger partial charge is 0.391 e. The average molecular weight is 346 g/mol. The first kappa shape index (κ1) is 19.4. The third-order valence-corrected chi connectivity index (χ3v) is 4.65. The molecule has 2 rings (SSSR count). The molecule has 0 heterocycles. The molecule has 138 valence electrons. The number of nitrogens with one attached hydrogen (secondary N) is 2. The van der Waals surface area contributed by atoms with Gasteiger partial charge in [-0.05, 0) is 18.4 Å². The van der Waals surface area contributed by atoms with Crippen molar-refractivity contribution in [3.8, 4) is 0 Å². The smallest absolute Gasteiger partial charge is 0.220 e. The molecule has 1 unspecified atom stereocenters. The molecule has 0 aromatic heterocycles. The Bertz CT molecular complexity index is 525. The summed E-state index contributed by atoms with van der Waals surface area (Å²) < 4.78 is 0. The molecule has 0 spiro atoms. The van der Waals surface area contributed by atoms with Crippen molar-refractivity contribution < 1.29 is 14.7 Å². The van der Waals surface area contributed by atoms with Gasteiger partial charge in [0.05, 0.1) is 6.10 Å². The topological polar surface area (TPSA) is 78.4 Å². The van der Waals surface area contributed by atoms with Crippen LogP contribution in [0, 0.1) is 0 Å². The van der Waals surface area contributed by atoms with Crippen LogP contribution in [0.3, 0.4) is 0 Å². The highest BCUT2D eigenvalue weighted by Crippen LogP contribution is 2.17. The van der Waals surface area contributed by atoms with E-state index >= 15 is 0 Å². The fourth-order valence-corrected chi connectivity index (χ4v) is 3.23. The molecular weight excluding hydrogens is 316 g/mol. The van der Waals surface area contributed by atoms with Crippen LogP contribution in [0.4, 0.5) is 0 Å². The van der Waals surface area contributed by atoms with Crippen LogP contribution in [0.15, 0.2) is 30.3 Å². The van der Waals surface area contributed by atoms with Crippen molar-refractivity contribution >= 4 is 11.8 Å². The summed E-state index contributed by atoms with van der Waals surface area (Å²) in [5.41, 5.74) is 1.03. The van der Waals surface area contributed by atoms with E-state index in [2.05, 4.69) is 10.6 Å². The minimum absolute atomic E-state index is 0.0492. The van der Waals surface area contributed by atoms with Crippen molar-refractivity contribution in [1.29, 1.82) is 0 Å². The monoisotopic (exact) mass is 346 g/mol. The van der Waals surface area contributed by atoms with Gasteiger partial charge in [0.1, 0.15) is 0 Å². The van der Waals surface area contributed by atoms with Gasteiger partial charge in [0.25, 0.3) is 0 Å². The van der Waals surface area contributed by atoms with Crippen LogP contribution in [0.1, 0.15) is 56.9 Å². The van der Waals surface area contributed by atoms with E-state index in [0.717, 1.165) is 18.4 Å². The SMILES string of the molecule is O=C(CCC(=O)NC1CCCCCC1)NCC(O)Cc1ccccc1. The van der Waals surface area contributed by atoms with Gasteiger partial charge >= 0.3 is 0 Å². The number of hydrogen-bond acceptors (Lipinski definition) is 3. The molecular formula is C20H30N2O3. The zero-order valence-electron chi connectivity index (χ0n) is 14.9. The third kappa shape index (κ3) is 8.16. The normalized spacial score (nSPS) is 16.7. The van der Waals surface area contributed by atoms with Crippen molar-refractivity contribution in [2.24, 2.45) is 0 Å². The lowest BCUT2D eigenvalue weighted by Gasteiger charge is -2.16. The van der Waals surface area contributed by atoms with Crippen LogP contribution in [-0.4, -0.2) is 35.6 Å². The Morgan fingerprint density at radius 3 is 2.32 bits per heavy atom. The minimum Gasteiger partial charge on any atom is -0.391 e. The summed E-state index contributed by atoms with van der Waals surface area (Å²) in [6.45, 7) is 0.206. The molecule has 1 aliphatic rings. The zero-order valence-corrected chi connectivity index (χ0v) is 14.9. The van der Waals surface area contributed by atoms with E-state index in [-0.39, 0.29) is 37.2 Å². The molecule has 0 bridgehead atoms. The van der Waals surface area contributed by atoms with E-state index in [1.54, 1.807) is 0 Å². The highest BCUT2D eigenvalue weighted by molar-refractivity contribution is 5.83. The number of amides is 2. The summed E-state index contributed by atoms with van der Waals surface area (Å²) in [6.07, 6.45) is 7.19. The highest BCUT2D eigenvalue weighted by atomic mass is 16.3. The maximum atomic E-state index is 12.0. The van der Waals surface area contributed by atoms with Gasteiger partial charge in [-0.2, -0.15) is 0 Å². The van der Waals surface area contributed by atoms with Gasteiger partial charge in [-0.15, -0.1) is 0 Å². The van der Waals surface area contributed by atoms with Crippen LogP contribution in [0.5, 0.6) is 0 Å². The van der Waals surface area contributed by atoms with Gasteiger partial charge in [0.2, 0.25) is 11.8 Å². The summed E-state index contributed by atoms with van der Waals surface area (Å²) >= 11 is 0. The number of benzene rings is 1. The van der Waals surface area contributed by atoms with Gasteiger partial charge in [-0.3, -0.25) is 9.59 Å². The summed E-state index contributed by atoms with van der Waals surface area (Å²) in [7, 11) is 0. The van der Waals surface area contributed by atoms with Crippen molar-refractivity contribution in [2.45, 2.75) is 69.9 Å². The molecule has 1 saturated carbocycles. The summed E-state index contributed by atoms with van der Waals surface area (Å²) in [5.74, 6) is -0.241. The lowest BCUT2D eigenvalue weighted by molar-refractivity contribution is -0.127. The van der Waals surface area contributed by atoms with Crippen LogP contribution in [0.2, 0.25) is 0 Å². The molecule has 1 aromatic rings. The number of rotatable bonds is 8. The van der Waals surface area contributed by atoms with Crippen molar-refractivity contribution in [2.75, 3.05) is 6.54 Å². The van der Waals surface area contributed by atoms with Crippen LogP contribution in [-0.2, 0) is 16.0 Å². The highest BCUT2D eigenvalue weighted by Gasteiger charge is 2.15. The van der Waals surface area contributed by atoms with Crippen LogP contribution >= 0.6 is 0 Å². The van der Waals surface area contributed by atoms with Gasteiger partial charge in [0, 0.05) is 31.8 Å². The van der Waals surface area contributed by atoms with Gasteiger partial charge in [-0.25, -0.2) is 0 Å². The van der Waals surface area contributed by atoms with E-state index in [1.165, 1.54) is 25.7 Å². The fourth-order valence-electron chi connectivity index (χ4n) is 3.23. The maximum Gasteiger partial charge on any atom is 0.220 e. The first-order valence-electron chi connectivity index (χ1n) is 9.41. The maximum absolute atomic E-state index is 12.0. The summed E-state index contributed by atoms with van der Waals surface area (Å²) in [6, 6.07) is 9.94. The first-order chi connectivity index (χ1) is 12.1. The zero-order chi connectivity index (χ0) is 17.9. The van der Waals surface area contributed by atoms with Gasteiger partial charge in [0.15, 0.2) is 0 Å². The second-order valence-electron chi connectivity index (χ2n) is 6.90. The Labute approximate surface area is 150 Å². The Morgan fingerprint density at radius 2 is 1.64 bits per heavy atom. The molecule has 0 radical (unpaired) electrons. The van der Waals surface area contributed by atoms with E-state index in [4.69, 9.17) is 0 Å². The molecule has 2 amide bonds. The fraction of sp³-hybridized carbons (Fsp3) is 0.600. The number of carbonyl (C=O) groups is 2. The molecule has 1 atom stereocenters. The summed E-state index contributed by atoms with van der Waals surface area (Å²) in [4.78, 5) is 23.8.